The van der Waals surface area contributed by atoms with Crippen LogP contribution in [0.1, 0.15) is 12.8 Å². The first kappa shape index (κ1) is 11.1. The zero-order valence-corrected chi connectivity index (χ0v) is 8.43. The maximum absolute atomic E-state index is 10.9. The molecule has 2 aliphatic rings. The van der Waals surface area contributed by atoms with Gasteiger partial charge in [-0.1, -0.05) is 0 Å². The van der Waals surface area contributed by atoms with E-state index in [1.807, 2.05) is 0 Å². The summed E-state index contributed by atoms with van der Waals surface area (Å²) in [4.78, 5) is 21.7. The van der Waals surface area contributed by atoms with E-state index in [1.54, 1.807) is 0 Å². The van der Waals surface area contributed by atoms with Crippen LogP contribution in [-0.2, 0) is 19.1 Å². The van der Waals surface area contributed by atoms with Crippen LogP contribution < -0.4 is 10.2 Å². The van der Waals surface area contributed by atoms with Crippen LogP contribution in [-0.4, -0.2) is 37.4 Å². The van der Waals surface area contributed by atoms with Gasteiger partial charge < -0.3 is 29.3 Å². The molecule has 0 aliphatic carbocycles. The Bertz CT molecular complexity index is 316. The van der Waals surface area contributed by atoms with Gasteiger partial charge in [0, 0.05) is 12.8 Å². The Labute approximate surface area is 91.5 Å². The SMILES string of the molecule is O=C([O-])/C(CC1CO1)=C(/CC1CO1)C(=O)[O-]. The molecule has 0 spiro atoms. The van der Waals surface area contributed by atoms with Crippen LogP contribution in [0.15, 0.2) is 11.1 Å². The first-order valence-electron chi connectivity index (χ1n) is 4.96. The van der Waals surface area contributed by atoms with Gasteiger partial charge in [-0.3, -0.25) is 0 Å². The van der Waals surface area contributed by atoms with E-state index in [2.05, 4.69) is 0 Å². The molecular weight excluding hydrogens is 216 g/mol. The zero-order chi connectivity index (χ0) is 11.7. The highest BCUT2D eigenvalue weighted by atomic mass is 16.6. The lowest BCUT2D eigenvalue weighted by molar-refractivity contribution is -0.304. The van der Waals surface area contributed by atoms with E-state index in [-0.39, 0.29) is 36.2 Å². The van der Waals surface area contributed by atoms with E-state index in [0.29, 0.717) is 13.2 Å². The van der Waals surface area contributed by atoms with Crippen molar-refractivity contribution in [3.8, 4) is 0 Å². The Morgan fingerprint density at radius 2 is 1.25 bits per heavy atom. The van der Waals surface area contributed by atoms with Gasteiger partial charge in [-0.15, -0.1) is 0 Å². The summed E-state index contributed by atoms with van der Waals surface area (Å²) in [6.07, 6.45) is -0.304. The third-order valence-electron chi connectivity index (χ3n) is 2.53. The van der Waals surface area contributed by atoms with E-state index in [9.17, 15) is 19.8 Å². The summed E-state index contributed by atoms with van der Waals surface area (Å²) in [6.45, 7) is 0.911. The number of hydrogen-bond acceptors (Lipinski definition) is 6. The summed E-state index contributed by atoms with van der Waals surface area (Å²) in [5.41, 5.74) is -0.476. The molecule has 16 heavy (non-hydrogen) atoms. The number of aliphatic carboxylic acids is 2. The first-order chi connectivity index (χ1) is 7.58. The highest BCUT2D eigenvalue weighted by Crippen LogP contribution is 2.26. The summed E-state index contributed by atoms with van der Waals surface area (Å²) in [5.74, 6) is -2.95. The van der Waals surface area contributed by atoms with Gasteiger partial charge in [0.2, 0.25) is 0 Å². The molecule has 0 aromatic carbocycles. The number of rotatable bonds is 6. The van der Waals surface area contributed by atoms with Crippen molar-refractivity contribution in [1.29, 1.82) is 0 Å². The summed E-state index contributed by atoms with van der Waals surface area (Å²) in [5, 5.41) is 21.7. The molecule has 6 heteroatoms. The molecule has 2 heterocycles. The van der Waals surface area contributed by atoms with Crippen LogP contribution in [0.3, 0.4) is 0 Å². The normalized spacial score (nSPS) is 28.2. The number of epoxide rings is 2. The van der Waals surface area contributed by atoms with Gasteiger partial charge in [0.25, 0.3) is 0 Å². The van der Waals surface area contributed by atoms with Crippen LogP contribution in [0.25, 0.3) is 0 Å². The fourth-order valence-electron chi connectivity index (χ4n) is 1.49. The molecule has 0 amide bonds. The Morgan fingerprint density at radius 1 is 0.938 bits per heavy atom. The largest absolute Gasteiger partial charge is 0.545 e. The van der Waals surface area contributed by atoms with Crippen molar-refractivity contribution in [1.82, 2.24) is 0 Å². The lowest BCUT2D eigenvalue weighted by atomic mass is 9.99. The van der Waals surface area contributed by atoms with Crippen molar-refractivity contribution in [2.24, 2.45) is 0 Å². The minimum absolute atomic E-state index is 0.0539. The minimum Gasteiger partial charge on any atom is -0.545 e. The van der Waals surface area contributed by atoms with E-state index >= 15 is 0 Å². The lowest BCUT2D eigenvalue weighted by Crippen LogP contribution is -2.33. The molecule has 2 atom stereocenters. The average Bonchev–Trinajstić information content (AvgIpc) is 3.05. The number of carboxylic acids is 2. The number of ether oxygens (including phenoxy) is 2. The number of hydrogen-bond donors (Lipinski definition) is 0. The number of carbonyl (C=O) groups is 2. The second kappa shape index (κ2) is 4.23. The van der Waals surface area contributed by atoms with E-state index < -0.39 is 11.9 Å². The average molecular weight is 226 g/mol. The lowest BCUT2D eigenvalue weighted by Gasteiger charge is -2.15. The summed E-state index contributed by atoms with van der Waals surface area (Å²) in [6, 6.07) is 0. The molecule has 2 rings (SSSR count). The molecule has 0 aromatic heterocycles. The smallest absolute Gasteiger partial charge is 0.0850 e. The van der Waals surface area contributed by atoms with E-state index in [4.69, 9.17) is 9.47 Å². The van der Waals surface area contributed by atoms with Gasteiger partial charge in [-0.05, 0) is 11.1 Å². The second-order valence-electron chi connectivity index (χ2n) is 3.85. The topological polar surface area (TPSA) is 105 Å². The molecule has 0 saturated carbocycles. The van der Waals surface area contributed by atoms with Crippen molar-refractivity contribution in [3.63, 3.8) is 0 Å². The third kappa shape index (κ3) is 2.80. The Kier molecular flexibility index (Phi) is 2.93. The molecule has 88 valence electrons. The molecule has 2 fully saturated rings. The molecule has 6 nitrogen and oxygen atoms in total. The van der Waals surface area contributed by atoms with Crippen LogP contribution in [0.5, 0.6) is 0 Å². The fourth-order valence-corrected chi connectivity index (χ4v) is 1.49. The molecule has 0 aromatic rings. The Balaban J connectivity index is 2.17. The van der Waals surface area contributed by atoms with Gasteiger partial charge in [0.05, 0.1) is 37.4 Å². The van der Waals surface area contributed by atoms with Crippen LogP contribution in [0.4, 0.5) is 0 Å². The van der Waals surface area contributed by atoms with Gasteiger partial charge in [-0.2, -0.15) is 0 Å². The first-order valence-corrected chi connectivity index (χ1v) is 4.96. The molecule has 0 radical (unpaired) electrons. The summed E-state index contributed by atoms with van der Waals surface area (Å²) >= 11 is 0. The fraction of sp³-hybridized carbons (Fsp3) is 0.600. The number of carbonyl (C=O) groups excluding carboxylic acids is 2. The van der Waals surface area contributed by atoms with Crippen molar-refractivity contribution in [2.75, 3.05) is 13.2 Å². The highest BCUT2D eigenvalue weighted by Gasteiger charge is 2.29. The monoisotopic (exact) mass is 226 g/mol. The van der Waals surface area contributed by atoms with Crippen molar-refractivity contribution in [3.05, 3.63) is 11.1 Å². The van der Waals surface area contributed by atoms with Gasteiger partial charge >= 0.3 is 0 Å². The molecule has 0 N–H and O–H groups in total. The molecule has 0 bridgehead atoms. The standard InChI is InChI=1S/C10H12O6/c11-9(12)7(1-5-3-15-5)8(10(13)14)2-6-4-16-6/h5-6H,1-4H2,(H,11,12)(H,13,14)/p-2/b8-7-. The summed E-state index contributed by atoms with van der Waals surface area (Å²) < 4.78 is 9.74. The summed E-state index contributed by atoms with van der Waals surface area (Å²) in [7, 11) is 0. The molecule has 2 aliphatic heterocycles. The second-order valence-corrected chi connectivity index (χ2v) is 3.85. The number of carboxylic acid groups (broad SMARTS) is 2. The minimum atomic E-state index is -1.48. The molecule has 2 unspecified atom stereocenters. The predicted molar refractivity (Wildman–Crippen MR) is 45.8 cm³/mol. The van der Waals surface area contributed by atoms with Gasteiger partial charge in [0.1, 0.15) is 0 Å². The van der Waals surface area contributed by atoms with Crippen LogP contribution in [0.2, 0.25) is 0 Å². The van der Waals surface area contributed by atoms with E-state index in [1.165, 1.54) is 0 Å². The van der Waals surface area contributed by atoms with Crippen LogP contribution in [0, 0.1) is 0 Å². The Hall–Kier alpha value is -1.40. The van der Waals surface area contributed by atoms with Crippen molar-refractivity contribution >= 4 is 11.9 Å². The Morgan fingerprint density at radius 3 is 1.44 bits per heavy atom. The van der Waals surface area contributed by atoms with Gasteiger partial charge in [0.15, 0.2) is 0 Å². The van der Waals surface area contributed by atoms with Crippen molar-refractivity contribution < 1.29 is 29.3 Å². The quantitative estimate of drug-likeness (QED) is 0.362. The van der Waals surface area contributed by atoms with E-state index in [0.717, 1.165) is 0 Å². The van der Waals surface area contributed by atoms with Crippen molar-refractivity contribution in [2.45, 2.75) is 25.0 Å². The predicted octanol–water partition coefficient (Wildman–Crippen LogP) is -2.64. The maximum Gasteiger partial charge on any atom is 0.0850 e. The zero-order valence-electron chi connectivity index (χ0n) is 8.43. The highest BCUT2D eigenvalue weighted by molar-refractivity contribution is 5.97. The molecular formula is C10H10O6-2. The maximum atomic E-state index is 10.9. The third-order valence-corrected chi connectivity index (χ3v) is 2.53. The van der Waals surface area contributed by atoms with Gasteiger partial charge in [-0.25, -0.2) is 0 Å². The van der Waals surface area contributed by atoms with Crippen LogP contribution >= 0.6 is 0 Å². The molecule has 2 saturated heterocycles.